The minimum Gasteiger partial charge on any atom is -0.372 e. The van der Waals surface area contributed by atoms with Crippen LogP contribution in [0.5, 0.6) is 0 Å². The second-order valence-electron chi connectivity index (χ2n) is 8.46. The molecule has 2 unspecified atom stereocenters. The molecule has 5 heterocycles. The van der Waals surface area contributed by atoms with Gasteiger partial charge < -0.3 is 14.6 Å². The molecule has 2 aliphatic heterocycles. The van der Waals surface area contributed by atoms with E-state index in [-0.39, 0.29) is 17.8 Å². The van der Waals surface area contributed by atoms with Crippen LogP contribution < -0.4 is 10.5 Å². The summed E-state index contributed by atoms with van der Waals surface area (Å²) in [7, 11) is 0. The van der Waals surface area contributed by atoms with Crippen molar-refractivity contribution in [1.29, 1.82) is 0 Å². The van der Waals surface area contributed by atoms with Crippen LogP contribution in [0, 0.1) is 0 Å². The number of hydrogen-bond acceptors (Lipinski definition) is 7. The summed E-state index contributed by atoms with van der Waals surface area (Å²) in [6.07, 6.45) is 3.17. The van der Waals surface area contributed by atoms with Crippen molar-refractivity contribution >= 4 is 17.2 Å². The second kappa shape index (κ2) is 8.53. The largest absolute Gasteiger partial charge is 0.372 e. The number of morpholine rings is 1. The molecule has 3 aromatic rings. The zero-order valence-corrected chi connectivity index (χ0v) is 18.7. The van der Waals surface area contributed by atoms with Crippen LogP contribution in [0.15, 0.2) is 40.6 Å². The van der Waals surface area contributed by atoms with Crippen LogP contribution in [0.1, 0.15) is 30.7 Å². The number of fused-ring (bicyclic) bond motifs is 1. The normalized spacial score (nSPS) is 21.8. The number of thiophene rings is 1. The minimum absolute atomic E-state index is 0.0258. The fraction of sp³-hybridized carbons (Fsp3) is 0.435. The third kappa shape index (κ3) is 4.42. The summed E-state index contributed by atoms with van der Waals surface area (Å²) < 4.78 is 5.82. The van der Waals surface area contributed by atoms with Crippen molar-refractivity contribution in [1.82, 2.24) is 19.9 Å². The van der Waals surface area contributed by atoms with Crippen LogP contribution in [0.25, 0.3) is 10.7 Å². The Hall–Kier alpha value is -2.55. The number of nitrogens with one attached hydrogen (secondary N) is 1. The number of rotatable bonds is 4. The maximum Gasteiger partial charge on any atom is 0.255 e. The van der Waals surface area contributed by atoms with Crippen molar-refractivity contribution in [2.24, 2.45) is 0 Å². The first kappa shape index (κ1) is 20.4. The Bertz CT molecular complexity index is 1090. The molecule has 0 saturated carbocycles. The Morgan fingerprint density at radius 3 is 2.77 bits per heavy atom. The number of aromatic nitrogens is 3. The van der Waals surface area contributed by atoms with Crippen molar-refractivity contribution < 1.29 is 4.74 Å². The number of H-pyrrole nitrogens is 1. The highest BCUT2D eigenvalue weighted by atomic mass is 32.1. The van der Waals surface area contributed by atoms with Gasteiger partial charge >= 0.3 is 0 Å². The van der Waals surface area contributed by atoms with E-state index in [9.17, 15) is 4.79 Å². The van der Waals surface area contributed by atoms with E-state index >= 15 is 0 Å². The van der Waals surface area contributed by atoms with Gasteiger partial charge in [0.15, 0.2) is 5.82 Å². The van der Waals surface area contributed by atoms with Gasteiger partial charge in [-0.1, -0.05) is 12.1 Å². The molecule has 0 spiro atoms. The smallest absolute Gasteiger partial charge is 0.255 e. The minimum atomic E-state index is -0.0258. The summed E-state index contributed by atoms with van der Waals surface area (Å²) in [4.78, 5) is 30.7. The van der Waals surface area contributed by atoms with Crippen molar-refractivity contribution in [2.45, 2.75) is 45.6 Å². The number of pyridine rings is 1. The van der Waals surface area contributed by atoms with E-state index in [4.69, 9.17) is 14.7 Å². The summed E-state index contributed by atoms with van der Waals surface area (Å²) in [5.74, 6) is 1.68. The molecule has 8 heteroatoms. The Balaban J connectivity index is 1.27. The van der Waals surface area contributed by atoms with E-state index in [2.05, 4.69) is 40.8 Å². The summed E-state index contributed by atoms with van der Waals surface area (Å²) in [5.41, 5.74) is 2.84. The highest BCUT2D eigenvalue weighted by Gasteiger charge is 2.24. The maximum atomic E-state index is 12.7. The Labute approximate surface area is 185 Å². The van der Waals surface area contributed by atoms with Crippen LogP contribution in [0.4, 0.5) is 5.82 Å². The molecule has 7 nitrogen and oxygen atoms in total. The van der Waals surface area contributed by atoms with Crippen LogP contribution in [-0.2, 0) is 24.2 Å². The highest BCUT2D eigenvalue weighted by Crippen LogP contribution is 2.24. The lowest BCUT2D eigenvalue weighted by atomic mass is 10.1. The van der Waals surface area contributed by atoms with Crippen molar-refractivity contribution in [3.8, 4) is 10.7 Å². The predicted octanol–water partition coefficient (Wildman–Crippen LogP) is 3.07. The first-order valence-electron chi connectivity index (χ1n) is 10.8. The number of hydrogen-bond donors (Lipinski definition) is 1. The molecule has 0 bridgehead atoms. The Kier molecular flexibility index (Phi) is 5.60. The predicted molar refractivity (Wildman–Crippen MR) is 122 cm³/mol. The summed E-state index contributed by atoms with van der Waals surface area (Å²) in [5, 5.41) is 2.00. The molecule has 2 atom stereocenters. The SMILES string of the molecule is CC1CN(c2ccc(CN3CCc4nc(-c5cccs5)[nH]c(=O)c4C3)cn2)CC(C)O1. The molecular weight excluding hydrogens is 410 g/mol. The topological polar surface area (TPSA) is 74.4 Å². The lowest BCUT2D eigenvalue weighted by molar-refractivity contribution is -0.00546. The first-order chi connectivity index (χ1) is 15.0. The molecule has 1 N–H and O–H groups in total. The zero-order chi connectivity index (χ0) is 21.4. The van der Waals surface area contributed by atoms with Gasteiger partial charge in [-0.15, -0.1) is 11.3 Å². The Morgan fingerprint density at radius 1 is 1.23 bits per heavy atom. The summed E-state index contributed by atoms with van der Waals surface area (Å²) in [6, 6.07) is 8.20. The van der Waals surface area contributed by atoms with E-state index in [1.54, 1.807) is 11.3 Å². The fourth-order valence-corrected chi connectivity index (χ4v) is 5.14. The average molecular weight is 438 g/mol. The van der Waals surface area contributed by atoms with Gasteiger partial charge in [-0.3, -0.25) is 9.69 Å². The molecule has 162 valence electrons. The van der Waals surface area contributed by atoms with Gasteiger partial charge in [0.05, 0.1) is 28.3 Å². The van der Waals surface area contributed by atoms with Crippen LogP contribution >= 0.6 is 11.3 Å². The van der Waals surface area contributed by atoms with Crippen molar-refractivity contribution in [3.05, 3.63) is 63.0 Å². The summed E-state index contributed by atoms with van der Waals surface area (Å²) >= 11 is 1.59. The molecule has 3 aromatic heterocycles. The zero-order valence-electron chi connectivity index (χ0n) is 17.9. The van der Waals surface area contributed by atoms with Crippen molar-refractivity contribution in [3.63, 3.8) is 0 Å². The van der Waals surface area contributed by atoms with E-state index in [1.165, 1.54) is 0 Å². The monoisotopic (exact) mass is 437 g/mol. The van der Waals surface area contributed by atoms with E-state index in [0.29, 0.717) is 12.4 Å². The number of ether oxygens (including phenoxy) is 1. The van der Waals surface area contributed by atoms with Gasteiger partial charge in [-0.05, 0) is 36.9 Å². The quantitative estimate of drug-likeness (QED) is 0.676. The van der Waals surface area contributed by atoms with Crippen LogP contribution in [0.3, 0.4) is 0 Å². The highest BCUT2D eigenvalue weighted by molar-refractivity contribution is 7.13. The number of aromatic amines is 1. The van der Waals surface area contributed by atoms with Crippen LogP contribution in [-0.4, -0.2) is 51.7 Å². The lowest BCUT2D eigenvalue weighted by Gasteiger charge is -2.36. The maximum absolute atomic E-state index is 12.7. The third-order valence-corrected chi connectivity index (χ3v) is 6.74. The van der Waals surface area contributed by atoms with E-state index < -0.39 is 0 Å². The molecule has 31 heavy (non-hydrogen) atoms. The molecule has 2 aliphatic rings. The number of anilines is 1. The summed E-state index contributed by atoms with van der Waals surface area (Å²) in [6.45, 7) is 8.20. The molecule has 1 saturated heterocycles. The molecule has 0 aromatic carbocycles. The van der Waals surface area contributed by atoms with Gasteiger partial charge in [-0.2, -0.15) is 0 Å². The Morgan fingerprint density at radius 2 is 2.06 bits per heavy atom. The second-order valence-corrected chi connectivity index (χ2v) is 9.41. The third-order valence-electron chi connectivity index (χ3n) is 5.86. The van der Waals surface area contributed by atoms with Crippen LogP contribution in [0.2, 0.25) is 0 Å². The van der Waals surface area contributed by atoms with Gasteiger partial charge in [-0.25, -0.2) is 9.97 Å². The number of nitrogens with zero attached hydrogens (tertiary/aromatic N) is 4. The molecular formula is C23H27N5O2S. The van der Waals surface area contributed by atoms with Gasteiger partial charge in [0, 0.05) is 45.3 Å². The first-order valence-corrected chi connectivity index (χ1v) is 11.7. The van der Waals surface area contributed by atoms with Crippen molar-refractivity contribution in [2.75, 3.05) is 24.5 Å². The average Bonchev–Trinajstić information content (AvgIpc) is 3.29. The standard InChI is InChI=1S/C23H27N5O2S/c1-15-11-28(12-16(2)30-15)21-6-5-17(10-24-21)13-27-8-7-19-18(14-27)23(29)26-22(25-19)20-4-3-9-31-20/h3-6,9-10,15-16H,7-8,11-14H2,1-2H3,(H,25,26,29). The molecule has 0 amide bonds. The van der Waals surface area contributed by atoms with E-state index in [0.717, 1.165) is 60.1 Å². The lowest BCUT2D eigenvalue weighted by Crippen LogP contribution is -2.45. The molecule has 1 fully saturated rings. The van der Waals surface area contributed by atoms with Gasteiger partial charge in [0.25, 0.3) is 5.56 Å². The molecule has 5 rings (SSSR count). The molecule has 0 radical (unpaired) electrons. The fourth-order valence-electron chi connectivity index (χ4n) is 4.47. The van der Waals surface area contributed by atoms with E-state index in [1.807, 2.05) is 23.7 Å². The van der Waals surface area contributed by atoms with Gasteiger partial charge in [0.1, 0.15) is 5.82 Å². The van der Waals surface area contributed by atoms with Gasteiger partial charge in [0.2, 0.25) is 0 Å². The molecule has 0 aliphatic carbocycles.